The molecule has 0 fully saturated rings. The van der Waals surface area contributed by atoms with Crippen LogP contribution in [0.3, 0.4) is 0 Å². The molecule has 1 aromatic heterocycles. The maximum atomic E-state index is 5.84. The number of hydrazine groups is 1. The second kappa shape index (κ2) is 4.84. The quantitative estimate of drug-likeness (QED) is 0.643. The molecule has 1 aliphatic rings. The summed E-state index contributed by atoms with van der Waals surface area (Å²) < 4.78 is 11.2. The summed E-state index contributed by atoms with van der Waals surface area (Å²) in [6, 6.07) is 9.85. The van der Waals surface area contributed by atoms with Crippen molar-refractivity contribution in [1.29, 1.82) is 0 Å². The summed E-state index contributed by atoms with van der Waals surface area (Å²) >= 11 is 0. The first-order valence-corrected chi connectivity index (χ1v) is 6.13. The van der Waals surface area contributed by atoms with E-state index in [2.05, 4.69) is 5.43 Å². The minimum absolute atomic E-state index is 0.113. The molecule has 0 radical (unpaired) electrons. The van der Waals surface area contributed by atoms with Gasteiger partial charge in [0.2, 0.25) is 0 Å². The molecule has 3 rings (SSSR count). The minimum atomic E-state index is -0.113. The highest BCUT2D eigenvalue weighted by atomic mass is 16.5. The molecule has 0 amide bonds. The van der Waals surface area contributed by atoms with Gasteiger partial charge in [-0.25, -0.2) is 5.43 Å². The van der Waals surface area contributed by atoms with Gasteiger partial charge in [0.1, 0.15) is 17.4 Å². The van der Waals surface area contributed by atoms with Crippen molar-refractivity contribution in [2.45, 2.75) is 18.9 Å². The van der Waals surface area contributed by atoms with Crippen LogP contribution >= 0.6 is 0 Å². The molecular formula is C14H16N2O2. The summed E-state index contributed by atoms with van der Waals surface area (Å²) in [5.41, 5.74) is 4.81. The first-order chi connectivity index (χ1) is 8.88. The molecule has 94 valence electrons. The first kappa shape index (κ1) is 11.3. The van der Waals surface area contributed by atoms with Crippen molar-refractivity contribution in [1.82, 2.24) is 5.43 Å². The van der Waals surface area contributed by atoms with Crippen molar-refractivity contribution in [3.8, 4) is 0 Å². The van der Waals surface area contributed by atoms with Crippen LogP contribution in [0.2, 0.25) is 0 Å². The van der Waals surface area contributed by atoms with E-state index in [-0.39, 0.29) is 6.04 Å². The number of para-hydroxylation sites is 1. The van der Waals surface area contributed by atoms with E-state index in [1.54, 1.807) is 6.26 Å². The third-order valence-corrected chi connectivity index (χ3v) is 3.23. The van der Waals surface area contributed by atoms with Crippen molar-refractivity contribution < 1.29 is 9.15 Å². The summed E-state index contributed by atoms with van der Waals surface area (Å²) in [7, 11) is 0. The van der Waals surface area contributed by atoms with Gasteiger partial charge in [-0.1, -0.05) is 18.2 Å². The van der Waals surface area contributed by atoms with Crippen LogP contribution in [-0.4, -0.2) is 6.61 Å². The molecule has 0 saturated heterocycles. The number of nitrogens with one attached hydrogen (secondary N) is 1. The van der Waals surface area contributed by atoms with Crippen LogP contribution in [0.1, 0.15) is 24.6 Å². The number of ether oxygens (including phenoxy) is 1. The van der Waals surface area contributed by atoms with Crippen LogP contribution in [0.5, 0.6) is 0 Å². The number of rotatable bonds is 3. The molecule has 2 heterocycles. The number of furan rings is 1. The smallest absolute Gasteiger partial charge is 0.134 e. The van der Waals surface area contributed by atoms with Crippen molar-refractivity contribution >= 4 is 11.0 Å². The summed E-state index contributed by atoms with van der Waals surface area (Å²) in [4.78, 5) is 0. The highest BCUT2D eigenvalue weighted by Crippen LogP contribution is 2.30. The molecule has 18 heavy (non-hydrogen) atoms. The van der Waals surface area contributed by atoms with E-state index in [1.807, 2.05) is 30.3 Å². The topological polar surface area (TPSA) is 60.4 Å². The largest absolute Gasteiger partial charge is 0.501 e. The summed E-state index contributed by atoms with van der Waals surface area (Å²) in [6.45, 7) is 0.779. The fraction of sp³-hybridized carbons (Fsp3) is 0.286. The Morgan fingerprint density at radius 2 is 2.17 bits per heavy atom. The van der Waals surface area contributed by atoms with Gasteiger partial charge in [0.05, 0.1) is 12.9 Å². The average molecular weight is 244 g/mol. The highest BCUT2D eigenvalue weighted by Gasteiger charge is 2.21. The fourth-order valence-electron chi connectivity index (χ4n) is 2.31. The molecule has 3 N–H and O–H groups in total. The molecule has 1 aliphatic heterocycles. The molecule has 0 saturated carbocycles. The van der Waals surface area contributed by atoms with Crippen LogP contribution in [0.25, 0.3) is 11.0 Å². The zero-order valence-electron chi connectivity index (χ0n) is 10.1. The van der Waals surface area contributed by atoms with Gasteiger partial charge in [-0.2, -0.15) is 0 Å². The zero-order valence-corrected chi connectivity index (χ0v) is 10.1. The maximum Gasteiger partial charge on any atom is 0.134 e. The Bertz CT molecular complexity index is 541. The van der Waals surface area contributed by atoms with Crippen molar-refractivity contribution in [2.75, 3.05) is 6.61 Å². The van der Waals surface area contributed by atoms with E-state index in [4.69, 9.17) is 15.0 Å². The predicted octanol–water partition coefficient (Wildman–Crippen LogP) is 2.63. The number of fused-ring (bicyclic) bond motifs is 1. The second-order valence-corrected chi connectivity index (χ2v) is 4.45. The van der Waals surface area contributed by atoms with Crippen LogP contribution in [-0.2, 0) is 4.74 Å². The lowest BCUT2D eigenvalue weighted by atomic mass is 10.0. The van der Waals surface area contributed by atoms with E-state index in [0.29, 0.717) is 0 Å². The molecular weight excluding hydrogens is 228 g/mol. The second-order valence-electron chi connectivity index (χ2n) is 4.45. The Labute approximate surface area is 105 Å². The van der Waals surface area contributed by atoms with Gasteiger partial charge in [0, 0.05) is 5.39 Å². The van der Waals surface area contributed by atoms with Gasteiger partial charge in [-0.15, -0.1) is 0 Å². The summed E-state index contributed by atoms with van der Waals surface area (Å²) in [5.74, 6) is 6.48. The van der Waals surface area contributed by atoms with Crippen LogP contribution in [0.4, 0.5) is 0 Å². The number of nitrogens with two attached hydrogens (primary N) is 1. The number of hydrogen-bond acceptors (Lipinski definition) is 4. The summed E-state index contributed by atoms with van der Waals surface area (Å²) in [5, 5.41) is 1.09. The van der Waals surface area contributed by atoms with E-state index in [9.17, 15) is 0 Å². The van der Waals surface area contributed by atoms with Crippen LogP contribution < -0.4 is 11.3 Å². The van der Waals surface area contributed by atoms with E-state index in [1.165, 1.54) is 0 Å². The molecule has 0 bridgehead atoms. The van der Waals surface area contributed by atoms with Gasteiger partial charge in [-0.3, -0.25) is 5.84 Å². The van der Waals surface area contributed by atoms with Crippen LogP contribution in [0.15, 0.2) is 46.6 Å². The van der Waals surface area contributed by atoms with Gasteiger partial charge in [0.25, 0.3) is 0 Å². The SMILES string of the molecule is NNC(C1=COCCC1)c1cc2ccccc2o1. The Morgan fingerprint density at radius 1 is 1.28 bits per heavy atom. The van der Waals surface area contributed by atoms with E-state index < -0.39 is 0 Å². The van der Waals surface area contributed by atoms with Gasteiger partial charge in [-0.05, 0) is 30.5 Å². The van der Waals surface area contributed by atoms with E-state index in [0.717, 1.165) is 41.8 Å². The molecule has 2 aromatic rings. The zero-order chi connectivity index (χ0) is 12.4. The van der Waals surface area contributed by atoms with Gasteiger partial charge in [0.15, 0.2) is 0 Å². The number of hydrogen-bond donors (Lipinski definition) is 2. The Morgan fingerprint density at radius 3 is 2.89 bits per heavy atom. The van der Waals surface area contributed by atoms with Crippen molar-refractivity contribution in [3.05, 3.63) is 47.9 Å². The van der Waals surface area contributed by atoms with Crippen molar-refractivity contribution in [3.63, 3.8) is 0 Å². The standard InChI is InChI=1S/C14H16N2O2/c15-16-14(11-5-3-7-17-9-11)13-8-10-4-1-2-6-12(10)18-13/h1-2,4,6,8-9,14,16H,3,5,7,15H2. The average Bonchev–Trinajstić information content (AvgIpc) is 2.84. The third kappa shape index (κ3) is 2.00. The lowest BCUT2D eigenvalue weighted by molar-refractivity contribution is 0.218. The highest BCUT2D eigenvalue weighted by molar-refractivity contribution is 5.77. The minimum Gasteiger partial charge on any atom is -0.501 e. The normalized spacial score (nSPS) is 17.3. The molecule has 4 heteroatoms. The Kier molecular flexibility index (Phi) is 3.04. The predicted molar refractivity (Wildman–Crippen MR) is 69.5 cm³/mol. The molecule has 0 aliphatic carbocycles. The molecule has 1 unspecified atom stereocenters. The molecule has 4 nitrogen and oxygen atoms in total. The first-order valence-electron chi connectivity index (χ1n) is 6.13. The maximum absolute atomic E-state index is 5.84. The van der Waals surface area contributed by atoms with Gasteiger partial charge < -0.3 is 9.15 Å². The Balaban J connectivity index is 1.97. The van der Waals surface area contributed by atoms with E-state index >= 15 is 0 Å². The monoisotopic (exact) mass is 244 g/mol. The Hall–Kier alpha value is -1.78. The third-order valence-electron chi connectivity index (χ3n) is 3.23. The molecule has 1 atom stereocenters. The lowest BCUT2D eigenvalue weighted by Crippen LogP contribution is -2.30. The molecule has 1 aromatic carbocycles. The summed E-state index contributed by atoms with van der Waals surface area (Å²) in [6.07, 6.45) is 3.79. The lowest BCUT2D eigenvalue weighted by Gasteiger charge is -2.20. The molecule has 0 spiro atoms. The van der Waals surface area contributed by atoms with Gasteiger partial charge >= 0.3 is 0 Å². The fourth-order valence-corrected chi connectivity index (χ4v) is 2.31. The number of benzene rings is 1. The van der Waals surface area contributed by atoms with Crippen molar-refractivity contribution in [2.24, 2.45) is 5.84 Å². The van der Waals surface area contributed by atoms with Crippen LogP contribution in [0, 0.1) is 0 Å².